The maximum absolute atomic E-state index is 13.9. The van der Waals surface area contributed by atoms with Crippen LogP contribution in [0.4, 0.5) is 11.4 Å². The van der Waals surface area contributed by atoms with Gasteiger partial charge in [0.1, 0.15) is 10.4 Å². The molecule has 1 amide bonds. The number of carbonyl (C=O) groups is 1. The van der Waals surface area contributed by atoms with Crippen molar-refractivity contribution in [1.82, 2.24) is 0 Å². The molecule has 5 aromatic rings. The van der Waals surface area contributed by atoms with Crippen molar-refractivity contribution in [2.24, 2.45) is 10.1 Å². The number of sulfonamides is 1. The van der Waals surface area contributed by atoms with E-state index in [0.29, 0.717) is 11.4 Å². The predicted molar refractivity (Wildman–Crippen MR) is 165 cm³/mol. The fraction of sp³-hybridized carbons (Fsp3) is 0.161. The van der Waals surface area contributed by atoms with Gasteiger partial charge in [0.05, 0.1) is 26.7 Å². The predicted octanol–water partition coefficient (Wildman–Crippen LogP) is 6.48. The Morgan fingerprint density at radius 1 is 0.951 bits per heavy atom. The van der Waals surface area contributed by atoms with Crippen molar-refractivity contribution in [3.8, 4) is 16.9 Å². The van der Waals surface area contributed by atoms with Crippen LogP contribution in [-0.4, -0.2) is 20.9 Å². The fourth-order valence-corrected chi connectivity index (χ4v) is 8.64. The molecule has 0 aliphatic carbocycles. The monoisotopic (exact) mass is 601 g/mol. The molecule has 4 aromatic carbocycles. The van der Waals surface area contributed by atoms with E-state index in [9.17, 15) is 13.2 Å². The third kappa shape index (κ3) is 5.08. The molecule has 7 nitrogen and oxygen atoms in total. The molecular formula is C31H27N3O4S3. The molecule has 6 rings (SSSR count). The second-order valence-electron chi connectivity index (χ2n) is 10.4. The van der Waals surface area contributed by atoms with Gasteiger partial charge in [-0.15, -0.1) is 0 Å². The first-order chi connectivity index (χ1) is 19.5. The number of anilines is 1. The molecule has 1 aliphatic rings. The van der Waals surface area contributed by atoms with E-state index in [0.717, 1.165) is 42.7 Å². The second kappa shape index (κ2) is 10.2. The number of primary sulfonamides is 1. The number of nitrogens with two attached hydrogens (primary N) is 1. The molecule has 1 aromatic heterocycles. The molecule has 41 heavy (non-hydrogen) atoms. The Bertz CT molecular complexity index is 1990. The third-order valence-electron chi connectivity index (χ3n) is 7.15. The van der Waals surface area contributed by atoms with Crippen LogP contribution in [0.5, 0.6) is 5.75 Å². The van der Waals surface area contributed by atoms with Gasteiger partial charge in [-0.3, -0.25) is 9.69 Å². The lowest BCUT2D eigenvalue weighted by molar-refractivity contribution is -0.121. The highest BCUT2D eigenvalue weighted by Crippen LogP contribution is 2.49. The van der Waals surface area contributed by atoms with Crippen LogP contribution < -0.4 is 19.4 Å². The Morgan fingerprint density at radius 2 is 1.68 bits per heavy atom. The number of nitrogens with zero attached hydrogens (tertiary/aromatic N) is 2. The average Bonchev–Trinajstić information content (AvgIpc) is 3.36. The molecule has 208 valence electrons. The summed E-state index contributed by atoms with van der Waals surface area (Å²) in [6.07, 6.45) is 0. The average molecular weight is 602 g/mol. The van der Waals surface area contributed by atoms with E-state index < -0.39 is 15.6 Å². The van der Waals surface area contributed by atoms with Crippen molar-refractivity contribution in [1.29, 1.82) is 0 Å². The van der Waals surface area contributed by atoms with Gasteiger partial charge in [-0.05, 0) is 79.6 Å². The standard InChI is InChI=1S/C31H27N3O4S3/c1-19-8-15-25-26(16-19)34(27(35)18-38-23-12-9-20-6-4-5-7-21(20)17-23)31(2,3)29-28(25)30(40-39-29)33-22-10-13-24(14-11-22)41(32,36)37/h4-17H,18H2,1-3H3,(H2,32,36,37). The summed E-state index contributed by atoms with van der Waals surface area (Å²) in [7, 11) is -0.671. The van der Waals surface area contributed by atoms with E-state index in [-0.39, 0.29) is 17.4 Å². The highest BCUT2D eigenvalue weighted by atomic mass is 32.9. The first kappa shape index (κ1) is 27.3. The first-order valence-electron chi connectivity index (χ1n) is 12.9. The largest absolute Gasteiger partial charge is 0.484 e. The summed E-state index contributed by atoms with van der Waals surface area (Å²) < 4.78 is 30.1. The van der Waals surface area contributed by atoms with E-state index in [1.165, 1.54) is 22.5 Å². The van der Waals surface area contributed by atoms with Gasteiger partial charge in [0.2, 0.25) is 10.0 Å². The lowest BCUT2D eigenvalue weighted by Gasteiger charge is -2.43. The quantitative estimate of drug-likeness (QED) is 0.233. The molecule has 2 N–H and O–H groups in total. The summed E-state index contributed by atoms with van der Waals surface area (Å²) >= 11 is 0. The number of ether oxygens (including phenoxy) is 1. The molecule has 0 saturated heterocycles. The molecule has 0 atom stereocenters. The molecule has 0 radical (unpaired) electrons. The van der Waals surface area contributed by atoms with Gasteiger partial charge in [0.15, 0.2) is 6.61 Å². The molecule has 0 spiro atoms. The minimum absolute atomic E-state index is 0.0366. The Morgan fingerprint density at radius 3 is 2.41 bits per heavy atom. The first-order valence-corrected chi connectivity index (χ1v) is 16.6. The van der Waals surface area contributed by atoms with Crippen molar-refractivity contribution in [2.45, 2.75) is 31.2 Å². The van der Waals surface area contributed by atoms with E-state index in [1.807, 2.05) is 86.3 Å². The van der Waals surface area contributed by atoms with Gasteiger partial charge in [0.25, 0.3) is 5.91 Å². The normalized spacial score (nSPS) is 14.5. The number of benzene rings is 4. The van der Waals surface area contributed by atoms with Crippen molar-refractivity contribution in [3.63, 3.8) is 0 Å². The maximum Gasteiger partial charge on any atom is 0.265 e. The van der Waals surface area contributed by atoms with E-state index in [4.69, 9.17) is 14.9 Å². The minimum Gasteiger partial charge on any atom is -0.484 e. The zero-order valence-corrected chi connectivity index (χ0v) is 25.1. The number of aryl methyl sites for hydroxylation is 1. The van der Waals surface area contributed by atoms with Crippen LogP contribution >= 0.6 is 20.7 Å². The van der Waals surface area contributed by atoms with Gasteiger partial charge < -0.3 is 4.74 Å². The Kier molecular flexibility index (Phi) is 6.82. The van der Waals surface area contributed by atoms with Crippen LogP contribution in [-0.2, 0) is 20.4 Å². The van der Waals surface area contributed by atoms with Crippen LogP contribution in [0.2, 0.25) is 0 Å². The van der Waals surface area contributed by atoms with Crippen molar-refractivity contribution in [3.05, 3.63) is 100 Å². The van der Waals surface area contributed by atoms with Gasteiger partial charge in [-0.1, -0.05) is 63.1 Å². The van der Waals surface area contributed by atoms with Gasteiger partial charge in [-0.25, -0.2) is 18.5 Å². The number of hydrogen-bond acceptors (Lipinski definition) is 7. The van der Waals surface area contributed by atoms with Gasteiger partial charge in [-0.2, -0.15) is 0 Å². The zero-order valence-electron chi connectivity index (χ0n) is 22.6. The highest BCUT2D eigenvalue weighted by Gasteiger charge is 2.43. The van der Waals surface area contributed by atoms with Crippen LogP contribution in [0.25, 0.3) is 21.9 Å². The second-order valence-corrected chi connectivity index (χ2v) is 14.1. The molecule has 0 fully saturated rings. The molecule has 0 bridgehead atoms. The summed E-state index contributed by atoms with van der Waals surface area (Å²) in [6.45, 7) is 5.98. The maximum atomic E-state index is 13.9. The number of amides is 1. The number of hydrogen-bond donors (Lipinski definition) is 1. The van der Waals surface area contributed by atoms with Crippen LogP contribution in [0, 0.1) is 6.92 Å². The molecule has 0 unspecified atom stereocenters. The van der Waals surface area contributed by atoms with Crippen LogP contribution in [0.3, 0.4) is 0 Å². The van der Waals surface area contributed by atoms with E-state index in [2.05, 4.69) is 0 Å². The van der Waals surface area contributed by atoms with Gasteiger partial charge >= 0.3 is 0 Å². The van der Waals surface area contributed by atoms with Crippen molar-refractivity contribution < 1.29 is 17.9 Å². The van der Waals surface area contributed by atoms with E-state index in [1.54, 1.807) is 22.5 Å². The summed E-state index contributed by atoms with van der Waals surface area (Å²) in [4.78, 5) is 21.6. The number of carbonyl (C=O) groups excluding carboxylic acids is 1. The lowest BCUT2D eigenvalue weighted by Crippen LogP contribution is -2.50. The lowest BCUT2D eigenvalue weighted by atomic mass is 9.86. The molecule has 2 heterocycles. The molecule has 0 saturated carbocycles. The summed E-state index contributed by atoms with van der Waals surface area (Å²) in [5, 5.41) is 7.41. The highest BCUT2D eigenvalue weighted by molar-refractivity contribution is 7.89. The number of fused-ring (bicyclic) bond motifs is 4. The smallest absolute Gasteiger partial charge is 0.265 e. The van der Waals surface area contributed by atoms with E-state index >= 15 is 0 Å². The minimum atomic E-state index is -3.79. The van der Waals surface area contributed by atoms with Crippen LogP contribution in [0.15, 0.2) is 94.8 Å². The van der Waals surface area contributed by atoms with Crippen molar-refractivity contribution in [2.75, 3.05) is 11.5 Å². The van der Waals surface area contributed by atoms with Crippen LogP contribution in [0.1, 0.15) is 24.3 Å². The topological polar surface area (TPSA) is 102 Å². The Labute approximate surface area is 245 Å². The molecule has 10 heteroatoms. The Balaban J connectivity index is 1.37. The number of rotatable bonds is 5. The Hall–Kier alpha value is -3.83. The SMILES string of the molecule is Cc1ccc2c(c1)N(C(=O)COc1ccc3ccccc3c1)C(C)(C)c1ssc(=Nc3ccc(S(N)(=O)=O)cc3)c1-2. The molecular weight excluding hydrogens is 575 g/mol. The van der Waals surface area contributed by atoms with Gasteiger partial charge in [0, 0.05) is 11.1 Å². The van der Waals surface area contributed by atoms with Crippen molar-refractivity contribution >= 4 is 58.8 Å². The summed E-state index contributed by atoms with van der Waals surface area (Å²) in [5.74, 6) is 0.501. The zero-order chi connectivity index (χ0) is 28.9. The fourth-order valence-electron chi connectivity index (χ4n) is 5.16. The summed E-state index contributed by atoms with van der Waals surface area (Å²) in [6, 6.07) is 26.1. The third-order valence-corrected chi connectivity index (χ3v) is 10.7. The molecule has 1 aliphatic heterocycles. The summed E-state index contributed by atoms with van der Waals surface area (Å²) in [5.41, 5.74) is 3.69.